The van der Waals surface area contributed by atoms with Crippen LogP contribution < -0.4 is 5.32 Å². The van der Waals surface area contributed by atoms with Crippen molar-refractivity contribution in [3.05, 3.63) is 69.7 Å². The Bertz CT molecular complexity index is 901. The van der Waals surface area contributed by atoms with Crippen molar-refractivity contribution in [1.29, 1.82) is 0 Å². The first kappa shape index (κ1) is 15.2. The second-order valence-corrected chi connectivity index (χ2v) is 6.60. The predicted octanol–water partition coefficient (Wildman–Crippen LogP) is 4.86. The Labute approximate surface area is 148 Å². The highest BCUT2D eigenvalue weighted by Gasteiger charge is 2.31. The Kier molecular flexibility index (Phi) is 3.79. The Morgan fingerprint density at radius 3 is 2.25 bits per heavy atom. The molecule has 0 fully saturated rings. The van der Waals surface area contributed by atoms with Crippen LogP contribution in [0.15, 0.2) is 48.5 Å². The Morgan fingerprint density at radius 2 is 1.58 bits per heavy atom. The van der Waals surface area contributed by atoms with Crippen LogP contribution in [0.4, 0.5) is 5.82 Å². The molecule has 2 heterocycles. The lowest BCUT2D eigenvalue weighted by Gasteiger charge is -2.23. The SMILES string of the molecule is O=C1C[C@@H](c2ccc(Cl)cc2)c2c(n[nH]c2-c2ccc(Cl)cc2)N1. The lowest BCUT2D eigenvalue weighted by atomic mass is 9.84. The number of rotatable bonds is 2. The number of nitrogens with one attached hydrogen (secondary N) is 2. The number of hydrogen-bond donors (Lipinski definition) is 2. The first-order valence-electron chi connectivity index (χ1n) is 7.51. The maximum absolute atomic E-state index is 12.1. The fraction of sp³-hybridized carbons (Fsp3) is 0.111. The Hall–Kier alpha value is -2.30. The number of nitrogens with zero attached hydrogens (tertiary/aromatic N) is 1. The molecule has 120 valence electrons. The third kappa shape index (κ3) is 2.68. The minimum Gasteiger partial charge on any atom is -0.309 e. The average Bonchev–Trinajstić information content (AvgIpc) is 2.99. The zero-order valence-electron chi connectivity index (χ0n) is 12.5. The smallest absolute Gasteiger partial charge is 0.226 e. The molecule has 0 saturated carbocycles. The number of amides is 1. The summed E-state index contributed by atoms with van der Waals surface area (Å²) in [7, 11) is 0. The Balaban J connectivity index is 1.85. The van der Waals surface area contributed by atoms with Crippen LogP contribution in [0.2, 0.25) is 10.0 Å². The van der Waals surface area contributed by atoms with Gasteiger partial charge in [0, 0.05) is 33.5 Å². The van der Waals surface area contributed by atoms with E-state index in [0.717, 1.165) is 22.4 Å². The third-order valence-corrected chi connectivity index (χ3v) is 4.71. The van der Waals surface area contributed by atoms with Crippen LogP contribution in [-0.2, 0) is 4.79 Å². The maximum Gasteiger partial charge on any atom is 0.226 e. The van der Waals surface area contributed by atoms with Gasteiger partial charge in [0.15, 0.2) is 5.82 Å². The summed E-state index contributed by atoms with van der Waals surface area (Å²) in [6.07, 6.45) is 0.370. The molecule has 0 spiro atoms. The van der Waals surface area contributed by atoms with Crippen molar-refractivity contribution >= 4 is 34.9 Å². The maximum atomic E-state index is 12.1. The summed E-state index contributed by atoms with van der Waals surface area (Å²) in [5.74, 6) is 0.461. The summed E-state index contributed by atoms with van der Waals surface area (Å²) in [5.41, 5.74) is 3.89. The van der Waals surface area contributed by atoms with Gasteiger partial charge >= 0.3 is 0 Å². The largest absolute Gasteiger partial charge is 0.309 e. The molecular formula is C18H13Cl2N3O. The van der Waals surface area contributed by atoms with Gasteiger partial charge in [-0.15, -0.1) is 0 Å². The fourth-order valence-corrected chi connectivity index (χ4v) is 3.32. The van der Waals surface area contributed by atoms with Gasteiger partial charge in [-0.2, -0.15) is 5.10 Å². The van der Waals surface area contributed by atoms with Gasteiger partial charge in [-0.3, -0.25) is 9.89 Å². The van der Waals surface area contributed by atoms with Crippen LogP contribution in [0.1, 0.15) is 23.5 Å². The molecule has 2 N–H and O–H groups in total. The molecule has 0 aliphatic carbocycles. The molecule has 3 aromatic rings. The van der Waals surface area contributed by atoms with Gasteiger partial charge in [0.05, 0.1) is 5.69 Å². The average molecular weight is 358 g/mol. The zero-order chi connectivity index (χ0) is 16.7. The highest BCUT2D eigenvalue weighted by Crippen LogP contribution is 2.41. The summed E-state index contributed by atoms with van der Waals surface area (Å²) in [5, 5.41) is 11.5. The van der Waals surface area contributed by atoms with Crippen LogP contribution in [-0.4, -0.2) is 16.1 Å². The van der Waals surface area contributed by atoms with Gasteiger partial charge in [0.1, 0.15) is 0 Å². The molecule has 6 heteroatoms. The molecule has 24 heavy (non-hydrogen) atoms. The van der Waals surface area contributed by atoms with Gasteiger partial charge in [-0.1, -0.05) is 47.5 Å². The lowest BCUT2D eigenvalue weighted by Crippen LogP contribution is -2.23. The van der Waals surface area contributed by atoms with Gasteiger partial charge < -0.3 is 5.32 Å². The van der Waals surface area contributed by atoms with Crippen LogP contribution >= 0.6 is 23.2 Å². The molecular weight excluding hydrogens is 345 g/mol. The van der Waals surface area contributed by atoms with Crippen LogP contribution in [0.3, 0.4) is 0 Å². The van der Waals surface area contributed by atoms with E-state index in [9.17, 15) is 4.79 Å². The highest BCUT2D eigenvalue weighted by molar-refractivity contribution is 6.30. The summed E-state index contributed by atoms with van der Waals surface area (Å²) < 4.78 is 0. The monoisotopic (exact) mass is 357 g/mol. The van der Waals surface area contributed by atoms with E-state index in [2.05, 4.69) is 15.5 Å². The molecule has 0 bridgehead atoms. The number of aromatic nitrogens is 2. The number of carbonyl (C=O) groups is 1. The first-order valence-corrected chi connectivity index (χ1v) is 8.27. The van der Waals surface area contributed by atoms with E-state index in [-0.39, 0.29) is 11.8 Å². The van der Waals surface area contributed by atoms with Gasteiger partial charge in [0.25, 0.3) is 0 Å². The number of anilines is 1. The second kappa shape index (κ2) is 5.96. The van der Waals surface area contributed by atoms with E-state index in [1.165, 1.54) is 0 Å². The summed E-state index contributed by atoms with van der Waals surface area (Å²) in [6.45, 7) is 0. The number of aromatic amines is 1. The van der Waals surface area contributed by atoms with Crippen molar-refractivity contribution in [1.82, 2.24) is 10.2 Å². The Morgan fingerprint density at radius 1 is 0.958 bits per heavy atom. The van der Waals surface area contributed by atoms with Crippen molar-refractivity contribution in [3.63, 3.8) is 0 Å². The van der Waals surface area contributed by atoms with E-state index in [1.54, 1.807) is 0 Å². The standard InChI is InChI=1S/C18H13Cl2N3O/c19-12-5-1-10(2-6-12)14-9-15(24)21-18-16(14)17(22-23-18)11-3-7-13(20)8-4-11/h1-8,14H,9H2,(H2,21,22,23,24)/t14-/m0/s1. The van der Waals surface area contributed by atoms with Crippen molar-refractivity contribution < 1.29 is 4.79 Å². The molecule has 4 nitrogen and oxygen atoms in total. The topological polar surface area (TPSA) is 57.8 Å². The van der Waals surface area contributed by atoms with Crippen LogP contribution in [0.5, 0.6) is 0 Å². The fourth-order valence-electron chi connectivity index (χ4n) is 3.07. The van der Waals surface area contributed by atoms with Crippen molar-refractivity contribution in [3.8, 4) is 11.3 Å². The minimum absolute atomic E-state index is 0.0448. The molecule has 0 saturated heterocycles. The van der Waals surface area contributed by atoms with Gasteiger partial charge in [-0.05, 0) is 29.8 Å². The van der Waals surface area contributed by atoms with Crippen LogP contribution in [0.25, 0.3) is 11.3 Å². The van der Waals surface area contributed by atoms with Crippen molar-refractivity contribution in [2.45, 2.75) is 12.3 Å². The number of carbonyl (C=O) groups excluding carboxylic acids is 1. The molecule has 1 atom stereocenters. The number of H-pyrrole nitrogens is 1. The first-order chi connectivity index (χ1) is 11.6. The highest BCUT2D eigenvalue weighted by atomic mass is 35.5. The summed E-state index contributed by atoms with van der Waals surface area (Å²) in [4.78, 5) is 12.1. The second-order valence-electron chi connectivity index (χ2n) is 5.72. The number of benzene rings is 2. The minimum atomic E-state index is -0.0737. The lowest BCUT2D eigenvalue weighted by molar-refractivity contribution is -0.116. The van der Waals surface area contributed by atoms with Crippen molar-refractivity contribution in [2.75, 3.05) is 5.32 Å². The summed E-state index contributed by atoms with van der Waals surface area (Å²) >= 11 is 12.0. The molecule has 0 radical (unpaired) electrons. The molecule has 1 amide bonds. The molecule has 1 aliphatic heterocycles. The van der Waals surface area contributed by atoms with Crippen molar-refractivity contribution in [2.24, 2.45) is 0 Å². The zero-order valence-corrected chi connectivity index (χ0v) is 14.0. The molecule has 0 unspecified atom stereocenters. The number of halogens is 2. The van der Waals surface area contributed by atoms with E-state index in [1.807, 2.05) is 48.5 Å². The van der Waals surface area contributed by atoms with E-state index >= 15 is 0 Å². The van der Waals surface area contributed by atoms with E-state index in [0.29, 0.717) is 22.3 Å². The van der Waals surface area contributed by atoms with Gasteiger partial charge in [0.2, 0.25) is 5.91 Å². The van der Waals surface area contributed by atoms with E-state index < -0.39 is 0 Å². The third-order valence-electron chi connectivity index (χ3n) is 4.21. The van der Waals surface area contributed by atoms with Gasteiger partial charge in [-0.25, -0.2) is 0 Å². The number of hydrogen-bond acceptors (Lipinski definition) is 2. The number of fused-ring (bicyclic) bond motifs is 1. The quantitative estimate of drug-likeness (QED) is 0.688. The molecule has 1 aromatic heterocycles. The van der Waals surface area contributed by atoms with E-state index in [4.69, 9.17) is 23.2 Å². The molecule has 4 rings (SSSR count). The van der Waals surface area contributed by atoms with Crippen LogP contribution in [0, 0.1) is 0 Å². The molecule has 1 aliphatic rings. The summed E-state index contributed by atoms with van der Waals surface area (Å²) in [6, 6.07) is 15.1. The normalized spacial score (nSPS) is 16.6. The molecule has 2 aromatic carbocycles. The predicted molar refractivity (Wildman–Crippen MR) is 95.6 cm³/mol.